The van der Waals surface area contributed by atoms with Crippen molar-refractivity contribution in [3.63, 3.8) is 0 Å². The van der Waals surface area contributed by atoms with E-state index in [1.165, 1.54) is 24.0 Å². The molecule has 2 nitrogen and oxygen atoms in total. The summed E-state index contributed by atoms with van der Waals surface area (Å²) in [6, 6.07) is 0. The number of hydrogen-bond acceptors (Lipinski definition) is 2. The first-order valence-corrected chi connectivity index (χ1v) is 6.95. The van der Waals surface area contributed by atoms with E-state index in [2.05, 4.69) is 33.8 Å². The summed E-state index contributed by atoms with van der Waals surface area (Å²) >= 11 is 0. The molecule has 0 unspecified atom stereocenters. The van der Waals surface area contributed by atoms with Gasteiger partial charge in [-0.15, -0.1) is 0 Å². The van der Waals surface area contributed by atoms with E-state index in [0.717, 1.165) is 12.8 Å². The van der Waals surface area contributed by atoms with Gasteiger partial charge in [0.15, 0.2) is 0 Å². The zero-order valence-electron chi connectivity index (χ0n) is 11.8. The van der Waals surface area contributed by atoms with E-state index in [1.807, 2.05) is 0 Å². The standard InChI is InChI=1S/C16H22O2/c1-14(2)7-5-8-15(3)11(14)6-9-16(4)12(15)10-13(17)18-16/h6,10H,5,7-9H2,1-4H3/t15-,16+/m0/s1. The monoisotopic (exact) mass is 246 g/mol. The minimum absolute atomic E-state index is 0.0287. The number of carbonyl (C=O) groups is 1. The average Bonchev–Trinajstić information content (AvgIpc) is 2.53. The Balaban J connectivity index is 2.16. The van der Waals surface area contributed by atoms with E-state index >= 15 is 0 Å². The highest BCUT2D eigenvalue weighted by Gasteiger charge is 2.54. The molecule has 0 radical (unpaired) electrons. The molecule has 0 aromatic heterocycles. The smallest absolute Gasteiger partial charge is 0.331 e. The van der Waals surface area contributed by atoms with Gasteiger partial charge in [0.1, 0.15) is 5.60 Å². The number of rotatable bonds is 0. The number of hydrogen-bond donors (Lipinski definition) is 0. The van der Waals surface area contributed by atoms with Crippen molar-refractivity contribution in [2.75, 3.05) is 0 Å². The van der Waals surface area contributed by atoms with Crippen molar-refractivity contribution in [2.24, 2.45) is 10.8 Å². The van der Waals surface area contributed by atoms with Gasteiger partial charge in [-0.05, 0) is 30.8 Å². The van der Waals surface area contributed by atoms with Gasteiger partial charge in [0.05, 0.1) is 0 Å². The first-order chi connectivity index (χ1) is 8.28. The highest BCUT2D eigenvalue weighted by Crippen LogP contribution is 2.60. The molecule has 2 atom stereocenters. The maximum atomic E-state index is 11.7. The fourth-order valence-electron chi connectivity index (χ4n) is 4.45. The van der Waals surface area contributed by atoms with Crippen LogP contribution >= 0.6 is 0 Å². The lowest BCUT2D eigenvalue weighted by atomic mass is 9.53. The summed E-state index contributed by atoms with van der Waals surface area (Å²) in [5.41, 5.74) is 2.62. The predicted octanol–water partition coefficient (Wildman–Crippen LogP) is 3.77. The maximum Gasteiger partial charge on any atom is 0.331 e. The SMILES string of the molecule is CC1(C)CCC[C@@]2(C)C1=CC[C@@]1(C)OC(=O)C=C21. The van der Waals surface area contributed by atoms with E-state index in [9.17, 15) is 4.79 Å². The zero-order chi connectivity index (χ0) is 13.2. The first kappa shape index (κ1) is 12.0. The summed E-state index contributed by atoms with van der Waals surface area (Å²) in [5.74, 6) is -0.160. The van der Waals surface area contributed by atoms with Crippen molar-refractivity contribution in [2.45, 2.75) is 59.0 Å². The minimum Gasteiger partial charge on any atom is -0.451 e. The Morgan fingerprint density at radius 1 is 1.11 bits per heavy atom. The third-order valence-corrected chi connectivity index (χ3v) is 5.25. The quantitative estimate of drug-likeness (QED) is 0.480. The highest BCUT2D eigenvalue weighted by molar-refractivity contribution is 5.87. The Morgan fingerprint density at radius 2 is 1.83 bits per heavy atom. The van der Waals surface area contributed by atoms with Crippen molar-refractivity contribution < 1.29 is 9.53 Å². The first-order valence-electron chi connectivity index (χ1n) is 6.95. The van der Waals surface area contributed by atoms with Crippen LogP contribution < -0.4 is 0 Å². The summed E-state index contributed by atoms with van der Waals surface area (Å²) in [7, 11) is 0. The third kappa shape index (κ3) is 1.38. The molecule has 98 valence electrons. The Morgan fingerprint density at radius 3 is 2.56 bits per heavy atom. The van der Waals surface area contributed by atoms with Crippen molar-refractivity contribution in [1.29, 1.82) is 0 Å². The molecular formula is C16H22O2. The second-order valence-electron chi connectivity index (χ2n) is 7.10. The molecule has 0 amide bonds. The Bertz CT molecular complexity index is 483. The average molecular weight is 246 g/mol. The van der Waals surface area contributed by atoms with E-state index in [0.29, 0.717) is 0 Å². The summed E-state index contributed by atoms with van der Waals surface area (Å²) in [6.45, 7) is 9.02. The van der Waals surface area contributed by atoms with Crippen LogP contribution in [-0.2, 0) is 9.53 Å². The van der Waals surface area contributed by atoms with E-state index in [1.54, 1.807) is 6.08 Å². The number of carbonyl (C=O) groups excluding carboxylic acids is 1. The molecule has 0 aromatic carbocycles. The Kier molecular flexibility index (Phi) is 2.19. The third-order valence-electron chi connectivity index (χ3n) is 5.25. The number of allylic oxidation sites excluding steroid dienone is 1. The van der Waals surface area contributed by atoms with Gasteiger partial charge in [-0.25, -0.2) is 4.79 Å². The van der Waals surface area contributed by atoms with Crippen LogP contribution in [0.15, 0.2) is 23.3 Å². The summed E-state index contributed by atoms with van der Waals surface area (Å²) in [6.07, 6.45) is 8.54. The zero-order valence-corrected chi connectivity index (χ0v) is 11.8. The van der Waals surface area contributed by atoms with Gasteiger partial charge < -0.3 is 4.74 Å². The van der Waals surface area contributed by atoms with Crippen molar-refractivity contribution in [1.82, 2.24) is 0 Å². The topological polar surface area (TPSA) is 26.3 Å². The van der Waals surface area contributed by atoms with Gasteiger partial charge in [0.25, 0.3) is 0 Å². The van der Waals surface area contributed by atoms with Crippen LogP contribution in [0.3, 0.4) is 0 Å². The molecule has 3 rings (SSSR count). The molecule has 18 heavy (non-hydrogen) atoms. The van der Waals surface area contributed by atoms with E-state index in [4.69, 9.17) is 4.74 Å². The molecule has 0 N–H and O–H groups in total. The van der Waals surface area contributed by atoms with Crippen LogP contribution in [0.5, 0.6) is 0 Å². The molecule has 2 heteroatoms. The summed E-state index contributed by atoms with van der Waals surface area (Å²) in [5, 5.41) is 0. The lowest BCUT2D eigenvalue weighted by molar-refractivity contribution is -0.145. The number of esters is 1. The van der Waals surface area contributed by atoms with Gasteiger partial charge in [-0.3, -0.25) is 0 Å². The summed E-state index contributed by atoms with van der Waals surface area (Å²) < 4.78 is 5.56. The molecule has 0 bridgehead atoms. The van der Waals surface area contributed by atoms with E-state index < -0.39 is 0 Å². The van der Waals surface area contributed by atoms with Crippen LogP contribution in [0.25, 0.3) is 0 Å². The van der Waals surface area contributed by atoms with Crippen LogP contribution in [0.4, 0.5) is 0 Å². The van der Waals surface area contributed by atoms with Gasteiger partial charge >= 0.3 is 5.97 Å². The lowest BCUT2D eigenvalue weighted by Crippen LogP contribution is -2.45. The van der Waals surface area contributed by atoms with Gasteiger partial charge in [0, 0.05) is 17.9 Å². The second-order valence-corrected chi connectivity index (χ2v) is 7.10. The molecule has 1 aliphatic heterocycles. The Hall–Kier alpha value is -1.05. The number of ether oxygens (including phenoxy) is 1. The van der Waals surface area contributed by atoms with Gasteiger partial charge in [-0.2, -0.15) is 0 Å². The Labute approximate surface area is 109 Å². The van der Waals surface area contributed by atoms with Crippen LogP contribution in [0, 0.1) is 10.8 Å². The fraction of sp³-hybridized carbons (Fsp3) is 0.688. The molecular weight excluding hydrogens is 224 g/mol. The molecule has 1 heterocycles. The molecule has 3 aliphatic rings. The van der Waals surface area contributed by atoms with Gasteiger partial charge in [0.2, 0.25) is 0 Å². The van der Waals surface area contributed by atoms with Gasteiger partial charge in [-0.1, -0.05) is 38.8 Å². The van der Waals surface area contributed by atoms with Crippen molar-refractivity contribution >= 4 is 5.97 Å². The van der Waals surface area contributed by atoms with Crippen LogP contribution in [-0.4, -0.2) is 11.6 Å². The van der Waals surface area contributed by atoms with Crippen LogP contribution in [0.1, 0.15) is 53.4 Å². The van der Waals surface area contributed by atoms with E-state index in [-0.39, 0.29) is 22.4 Å². The molecule has 1 fully saturated rings. The maximum absolute atomic E-state index is 11.7. The molecule has 1 saturated carbocycles. The predicted molar refractivity (Wildman–Crippen MR) is 71.0 cm³/mol. The highest BCUT2D eigenvalue weighted by atomic mass is 16.6. The largest absolute Gasteiger partial charge is 0.451 e. The normalized spacial score (nSPS) is 41.4. The fourth-order valence-corrected chi connectivity index (χ4v) is 4.45. The lowest BCUT2D eigenvalue weighted by Gasteiger charge is -2.52. The molecule has 2 aliphatic carbocycles. The second kappa shape index (κ2) is 3.28. The summed E-state index contributed by atoms with van der Waals surface area (Å²) in [4.78, 5) is 11.7. The minimum atomic E-state index is -0.386. The van der Waals surface area contributed by atoms with Crippen molar-refractivity contribution in [3.05, 3.63) is 23.3 Å². The molecule has 0 spiro atoms. The molecule has 0 aromatic rings. The van der Waals surface area contributed by atoms with Crippen LogP contribution in [0.2, 0.25) is 0 Å². The number of fused-ring (bicyclic) bond motifs is 3. The molecule has 0 saturated heterocycles. The van der Waals surface area contributed by atoms with Crippen molar-refractivity contribution in [3.8, 4) is 0 Å².